The van der Waals surface area contributed by atoms with E-state index in [1.54, 1.807) is 0 Å². The van der Waals surface area contributed by atoms with E-state index in [2.05, 4.69) is 6.92 Å². The van der Waals surface area contributed by atoms with Crippen molar-refractivity contribution in [2.24, 2.45) is 11.8 Å². The predicted molar refractivity (Wildman–Crippen MR) is 170 cm³/mol. The fourth-order valence-electron chi connectivity index (χ4n) is 7.39. The van der Waals surface area contributed by atoms with Gasteiger partial charge in [0.05, 0.1) is 12.2 Å². The molecule has 39 heavy (non-hydrogen) atoms. The number of hydrogen-bond acceptors (Lipinski definition) is 1. The summed E-state index contributed by atoms with van der Waals surface area (Å²) in [6.45, 7) is 4.85. The van der Waals surface area contributed by atoms with Crippen molar-refractivity contribution in [3.05, 3.63) is 6.92 Å². The first-order valence-electron chi connectivity index (χ1n) is 18.4. The fourth-order valence-corrected chi connectivity index (χ4v) is 7.39. The maximum atomic E-state index is 12.8. The molecule has 0 aliphatic heterocycles. The van der Waals surface area contributed by atoms with Crippen LogP contribution in [0.5, 0.6) is 0 Å². The minimum atomic E-state index is -0.357. The van der Waals surface area contributed by atoms with Gasteiger partial charge in [-0.15, -0.1) is 0 Å². The molecule has 2 atom stereocenters. The summed E-state index contributed by atoms with van der Waals surface area (Å²) in [6, 6.07) is 0. The van der Waals surface area contributed by atoms with Gasteiger partial charge >= 0.3 is 0 Å². The van der Waals surface area contributed by atoms with Crippen LogP contribution in [0.3, 0.4) is 0 Å². The molecule has 0 spiro atoms. The molecule has 3 fully saturated rings. The van der Waals surface area contributed by atoms with Gasteiger partial charge in [0, 0.05) is 6.61 Å². The van der Waals surface area contributed by atoms with E-state index in [4.69, 9.17) is 4.74 Å². The first kappa shape index (κ1) is 35.1. The fraction of sp³-hybridized carbons (Fsp3) is 0.973. The molecule has 0 aromatic heterocycles. The van der Waals surface area contributed by atoms with Crippen LogP contribution in [0.4, 0.5) is 0 Å². The molecule has 0 saturated heterocycles. The van der Waals surface area contributed by atoms with Crippen LogP contribution in [-0.2, 0) is 9.84 Å². The molecule has 0 aromatic rings. The standard InChI is InChI=1S/C37H70O2/c1-2-3-4-5-6-7-8-9-10-11-12-13-14-15-16-17-18-25-32-39-37-31-30-36(38)33-34-26-21-19-23-28-35(37)29-24-20-22-27-34/h34-37H,1-33H2. The van der Waals surface area contributed by atoms with Crippen molar-refractivity contribution in [1.29, 1.82) is 0 Å². The quantitative estimate of drug-likeness (QED) is 0.140. The van der Waals surface area contributed by atoms with Gasteiger partial charge in [-0.25, -0.2) is 5.11 Å². The molecule has 2 bridgehead atoms. The Bertz CT molecular complexity index is 492. The summed E-state index contributed by atoms with van der Waals surface area (Å²) >= 11 is 0. The molecule has 3 aliphatic rings. The van der Waals surface area contributed by atoms with Crippen LogP contribution < -0.4 is 0 Å². The van der Waals surface area contributed by atoms with E-state index in [0.717, 1.165) is 32.3 Å². The molecule has 2 unspecified atom stereocenters. The van der Waals surface area contributed by atoms with Crippen LogP contribution in [0.1, 0.15) is 199 Å². The summed E-state index contributed by atoms with van der Waals surface area (Å²) < 4.78 is 6.58. The van der Waals surface area contributed by atoms with Gasteiger partial charge in [-0.05, 0) is 50.4 Å². The summed E-state index contributed by atoms with van der Waals surface area (Å²) in [5.74, 6) is 1.39. The predicted octanol–water partition coefficient (Wildman–Crippen LogP) is 12.4. The summed E-state index contributed by atoms with van der Waals surface area (Å²) in [6.07, 6.45) is 41.2. The van der Waals surface area contributed by atoms with Crippen LogP contribution in [0.2, 0.25) is 0 Å². The first-order chi connectivity index (χ1) is 19.3. The molecule has 2 heteroatoms. The smallest absolute Gasteiger partial charge is 0.0933 e. The summed E-state index contributed by atoms with van der Waals surface area (Å²) in [7, 11) is 0. The Morgan fingerprint density at radius 1 is 0.487 bits per heavy atom. The number of hydrogen-bond donors (Lipinski definition) is 0. The van der Waals surface area contributed by atoms with Crippen molar-refractivity contribution in [3.63, 3.8) is 0 Å². The highest BCUT2D eigenvalue weighted by Gasteiger charge is 2.26. The van der Waals surface area contributed by atoms with E-state index < -0.39 is 0 Å². The Morgan fingerprint density at radius 3 is 1.41 bits per heavy atom. The summed E-state index contributed by atoms with van der Waals surface area (Å²) in [5.41, 5.74) is 0. The molecule has 0 heterocycles. The summed E-state index contributed by atoms with van der Waals surface area (Å²) in [4.78, 5) is 0. The average Bonchev–Trinajstić information content (AvgIpc) is 2.92. The van der Waals surface area contributed by atoms with Gasteiger partial charge < -0.3 is 4.74 Å². The van der Waals surface area contributed by atoms with Gasteiger partial charge in [0.15, 0.2) is 0 Å². The molecular formula is C37H70O2. The molecule has 230 valence electrons. The summed E-state index contributed by atoms with van der Waals surface area (Å²) in [5, 5.41) is 12.8. The minimum absolute atomic E-state index is 0.349. The molecule has 3 rings (SSSR count). The number of unbranched alkanes of at least 4 members (excludes halogenated alkanes) is 17. The molecule has 3 aliphatic carbocycles. The first-order valence-corrected chi connectivity index (χ1v) is 18.4. The Morgan fingerprint density at radius 2 is 0.923 bits per heavy atom. The molecule has 2 radical (unpaired) electrons. The monoisotopic (exact) mass is 547 g/mol. The second-order valence-electron chi connectivity index (χ2n) is 13.6. The Balaban J connectivity index is 1.46. The van der Waals surface area contributed by atoms with Crippen molar-refractivity contribution < 1.29 is 9.84 Å². The molecule has 0 aromatic carbocycles. The van der Waals surface area contributed by atoms with Gasteiger partial charge in [-0.2, -0.15) is 0 Å². The topological polar surface area (TPSA) is 29.1 Å². The number of rotatable bonds is 20. The third kappa shape index (κ3) is 19.6. The molecular weight excluding hydrogens is 476 g/mol. The van der Waals surface area contributed by atoms with Crippen LogP contribution in [0, 0.1) is 18.8 Å². The van der Waals surface area contributed by atoms with Gasteiger partial charge in [0.2, 0.25) is 0 Å². The van der Waals surface area contributed by atoms with E-state index in [1.165, 1.54) is 173 Å². The second-order valence-corrected chi connectivity index (χ2v) is 13.6. The largest absolute Gasteiger partial charge is 0.378 e. The highest BCUT2D eigenvalue weighted by molar-refractivity contribution is 4.77. The van der Waals surface area contributed by atoms with E-state index >= 15 is 0 Å². The zero-order valence-corrected chi connectivity index (χ0v) is 26.5. The van der Waals surface area contributed by atoms with Crippen molar-refractivity contribution >= 4 is 0 Å². The van der Waals surface area contributed by atoms with Gasteiger partial charge in [-0.3, -0.25) is 0 Å². The van der Waals surface area contributed by atoms with Crippen LogP contribution in [-0.4, -0.2) is 18.8 Å². The van der Waals surface area contributed by atoms with E-state index in [9.17, 15) is 5.11 Å². The molecule has 3 saturated carbocycles. The Hall–Kier alpha value is -0.0800. The van der Waals surface area contributed by atoms with Gasteiger partial charge in [-0.1, -0.05) is 167 Å². The normalized spacial score (nSPS) is 25.4. The lowest BCUT2D eigenvalue weighted by Crippen LogP contribution is -2.28. The van der Waals surface area contributed by atoms with Gasteiger partial charge in [0.1, 0.15) is 0 Å². The molecule has 0 amide bonds. The lowest BCUT2D eigenvalue weighted by atomic mass is 9.82. The SMILES string of the molecule is [CH2]CCCCCCCCCCCCCCCCCCCOC1CCC([O])CC2CCCCCC1CCCCC2. The van der Waals surface area contributed by atoms with Crippen molar-refractivity contribution in [1.82, 2.24) is 0 Å². The van der Waals surface area contributed by atoms with Crippen LogP contribution >= 0.6 is 0 Å². The maximum Gasteiger partial charge on any atom is 0.0933 e. The van der Waals surface area contributed by atoms with Gasteiger partial charge in [0.25, 0.3) is 0 Å². The van der Waals surface area contributed by atoms with Crippen molar-refractivity contribution in [3.8, 4) is 0 Å². The van der Waals surface area contributed by atoms with Crippen LogP contribution in [0.15, 0.2) is 0 Å². The minimum Gasteiger partial charge on any atom is -0.378 e. The number of ether oxygens (including phenoxy) is 1. The highest BCUT2D eigenvalue weighted by Crippen LogP contribution is 2.32. The second kappa shape index (κ2) is 25.6. The zero-order valence-electron chi connectivity index (χ0n) is 26.5. The molecule has 2 nitrogen and oxygen atoms in total. The van der Waals surface area contributed by atoms with Crippen molar-refractivity contribution in [2.75, 3.05) is 6.61 Å². The molecule has 0 N–H and O–H groups in total. The third-order valence-electron chi connectivity index (χ3n) is 10.00. The Kier molecular flexibility index (Phi) is 23.1. The zero-order chi connectivity index (χ0) is 27.6. The van der Waals surface area contributed by atoms with E-state index in [1.807, 2.05) is 0 Å². The third-order valence-corrected chi connectivity index (χ3v) is 10.00. The Labute approximate surface area is 246 Å². The van der Waals surface area contributed by atoms with E-state index in [0.29, 0.717) is 17.9 Å². The maximum absolute atomic E-state index is 12.8. The van der Waals surface area contributed by atoms with E-state index in [-0.39, 0.29) is 6.10 Å². The van der Waals surface area contributed by atoms with Crippen LogP contribution in [0.25, 0.3) is 0 Å². The highest BCUT2D eigenvalue weighted by atomic mass is 16.5. The van der Waals surface area contributed by atoms with Crippen molar-refractivity contribution in [2.45, 2.75) is 211 Å². The average molecular weight is 547 g/mol. The number of fused-ring (bicyclic) bond motifs is 12. The lowest BCUT2D eigenvalue weighted by Gasteiger charge is -2.30. The lowest BCUT2D eigenvalue weighted by molar-refractivity contribution is -0.0225.